The number of para-hydroxylation sites is 1. The first-order valence-corrected chi connectivity index (χ1v) is 15.2. The van der Waals surface area contributed by atoms with Crippen molar-refractivity contribution < 1.29 is 4.74 Å². The van der Waals surface area contributed by atoms with Gasteiger partial charge < -0.3 is 20.3 Å². The molecule has 1 aromatic heterocycles. The maximum atomic E-state index is 6.52. The standard InChI is InChI=1S/C31H42ClN5OS/c1-19(2)38-28-17-24(22-12-14-23(15-13-22)37(6)7)21(5)16-27(28)35-31-33-18-25(32)30(36-31)34-26-10-8-9-11-29(26)39-20(3)4/h8-11,16-20,22-23H,12-15H2,1-7H3,(H2,33,34,35,36)/t22-,23+. The number of aryl methyl sites for hydroxylation is 1. The number of aromatic nitrogens is 2. The van der Waals surface area contributed by atoms with Gasteiger partial charge in [0.15, 0.2) is 5.82 Å². The normalized spacial score (nSPS) is 17.6. The number of thioether (sulfide) groups is 1. The van der Waals surface area contributed by atoms with Crippen molar-refractivity contribution in [3.05, 3.63) is 58.7 Å². The molecule has 3 aromatic rings. The number of benzene rings is 2. The van der Waals surface area contributed by atoms with Crippen molar-refractivity contribution in [2.24, 2.45) is 0 Å². The van der Waals surface area contributed by atoms with Gasteiger partial charge in [0.05, 0.1) is 23.7 Å². The third-order valence-electron chi connectivity index (χ3n) is 7.09. The Hall–Kier alpha value is -2.48. The van der Waals surface area contributed by atoms with Crippen LogP contribution in [0.15, 0.2) is 47.5 Å². The fourth-order valence-electron chi connectivity index (χ4n) is 5.19. The molecule has 6 nitrogen and oxygen atoms in total. The fourth-order valence-corrected chi connectivity index (χ4v) is 6.23. The third-order valence-corrected chi connectivity index (χ3v) is 8.45. The zero-order valence-corrected chi connectivity index (χ0v) is 25.8. The predicted molar refractivity (Wildman–Crippen MR) is 167 cm³/mol. The molecule has 0 bridgehead atoms. The molecule has 1 saturated carbocycles. The lowest BCUT2D eigenvalue weighted by atomic mass is 9.80. The molecule has 1 aliphatic carbocycles. The van der Waals surface area contributed by atoms with Crippen LogP contribution in [0.4, 0.5) is 23.1 Å². The molecule has 1 fully saturated rings. The van der Waals surface area contributed by atoms with Gasteiger partial charge in [0, 0.05) is 16.2 Å². The zero-order valence-electron chi connectivity index (χ0n) is 24.2. The smallest absolute Gasteiger partial charge is 0.229 e. The molecular weight excluding hydrogens is 526 g/mol. The highest BCUT2D eigenvalue weighted by Crippen LogP contribution is 2.41. The zero-order chi connectivity index (χ0) is 28.1. The number of nitrogens with zero attached hydrogens (tertiary/aromatic N) is 3. The van der Waals surface area contributed by atoms with Gasteiger partial charge in [-0.3, -0.25) is 0 Å². The number of hydrogen-bond donors (Lipinski definition) is 2. The van der Waals surface area contributed by atoms with Gasteiger partial charge in [0.1, 0.15) is 10.8 Å². The minimum Gasteiger partial charge on any atom is -0.489 e. The Labute approximate surface area is 243 Å². The molecule has 0 saturated heterocycles. The Morgan fingerprint density at radius 3 is 2.38 bits per heavy atom. The first-order chi connectivity index (χ1) is 18.6. The molecule has 39 heavy (non-hydrogen) atoms. The number of anilines is 4. The molecule has 2 aromatic carbocycles. The van der Waals surface area contributed by atoms with Gasteiger partial charge in [-0.25, -0.2) is 4.98 Å². The van der Waals surface area contributed by atoms with E-state index in [1.165, 1.54) is 36.8 Å². The topological polar surface area (TPSA) is 62.3 Å². The molecule has 0 aliphatic heterocycles. The van der Waals surface area contributed by atoms with E-state index in [9.17, 15) is 0 Å². The van der Waals surface area contributed by atoms with Crippen molar-refractivity contribution in [2.45, 2.75) is 88.5 Å². The van der Waals surface area contributed by atoms with Crippen molar-refractivity contribution in [1.29, 1.82) is 0 Å². The third kappa shape index (κ3) is 7.80. The molecule has 0 unspecified atom stereocenters. The lowest BCUT2D eigenvalue weighted by Gasteiger charge is -2.33. The molecule has 0 amide bonds. The van der Waals surface area contributed by atoms with Crippen molar-refractivity contribution in [3.8, 4) is 5.75 Å². The van der Waals surface area contributed by atoms with E-state index in [4.69, 9.17) is 21.3 Å². The lowest BCUT2D eigenvalue weighted by Crippen LogP contribution is -2.31. The van der Waals surface area contributed by atoms with Crippen LogP contribution >= 0.6 is 23.4 Å². The average Bonchev–Trinajstić information content (AvgIpc) is 2.88. The van der Waals surface area contributed by atoms with Crippen LogP contribution in [0.2, 0.25) is 5.02 Å². The van der Waals surface area contributed by atoms with E-state index in [1.54, 1.807) is 18.0 Å². The molecule has 4 rings (SSSR count). The number of ether oxygens (including phenoxy) is 1. The maximum absolute atomic E-state index is 6.52. The van der Waals surface area contributed by atoms with Crippen LogP contribution in [0.25, 0.3) is 0 Å². The van der Waals surface area contributed by atoms with Gasteiger partial charge in [-0.05, 0) is 102 Å². The molecule has 2 N–H and O–H groups in total. The van der Waals surface area contributed by atoms with E-state index in [-0.39, 0.29) is 6.10 Å². The van der Waals surface area contributed by atoms with E-state index >= 15 is 0 Å². The van der Waals surface area contributed by atoms with Crippen LogP contribution in [0, 0.1) is 6.92 Å². The second-order valence-corrected chi connectivity index (χ2v) is 13.2. The predicted octanol–water partition coefficient (Wildman–Crippen LogP) is 8.80. The second kappa shape index (κ2) is 13.2. The summed E-state index contributed by atoms with van der Waals surface area (Å²) >= 11 is 8.32. The minimum atomic E-state index is 0.0453. The van der Waals surface area contributed by atoms with Gasteiger partial charge in [0.25, 0.3) is 0 Å². The second-order valence-electron chi connectivity index (χ2n) is 11.1. The quantitative estimate of drug-likeness (QED) is 0.237. The molecule has 1 heterocycles. The van der Waals surface area contributed by atoms with E-state index in [2.05, 4.69) is 87.4 Å². The van der Waals surface area contributed by atoms with Crippen LogP contribution in [-0.4, -0.2) is 46.4 Å². The number of nitrogens with one attached hydrogen (secondary N) is 2. The van der Waals surface area contributed by atoms with Crippen LogP contribution < -0.4 is 15.4 Å². The summed E-state index contributed by atoms with van der Waals surface area (Å²) in [7, 11) is 4.38. The monoisotopic (exact) mass is 567 g/mol. The van der Waals surface area contributed by atoms with Gasteiger partial charge in [-0.2, -0.15) is 4.98 Å². The SMILES string of the molecule is Cc1cc(Nc2ncc(Cl)c(Nc3ccccc3SC(C)C)n2)c(OC(C)C)cc1[C@H]1CC[C@@H](N(C)C)CC1. The van der Waals surface area contributed by atoms with Crippen LogP contribution in [0.5, 0.6) is 5.75 Å². The van der Waals surface area contributed by atoms with Gasteiger partial charge >= 0.3 is 0 Å². The number of rotatable bonds is 10. The highest BCUT2D eigenvalue weighted by molar-refractivity contribution is 8.00. The average molecular weight is 568 g/mol. The molecule has 210 valence electrons. The Balaban J connectivity index is 1.59. The molecule has 1 aliphatic rings. The largest absolute Gasteiger partial charge is 0.489 e. The van der Waals surface area contributed by atoms with Gasteiger partial charge in [-0.1, -0.05) is 37.6 Å². The van der Waals surface area contributed by atoms with Crippen LogP contribution in [-0.2, 0) is 0 Å². The summed E-state index contributed by atoms with van der Waals surface area (Å²) in [6, 6.07) is 13.3. The maximum Gasteiger partial charge on any atom is 0.229 e. The summed E-state index contributed by atoms with van der Waals surface area (Å²) in [6.45, 7) is 10.7. The lowest BCUT2D eigenvalue weighted by molar-refractivity contribution is 0.215. The summed E-state index contributed by atoms with van der Waals surface area (Å²) in [4.78, 5) is 12.7. The molecular formula is C31H42ClN5OS. The Bertz CT molecular complexity index is 1260. The first kappa shape index (κ1) is 29.5. The number of halogens is 1. The first-order valence-electron chi connectivity index (χ1n) is 13.9. The molecule has 8 heteroatoms. The Morgan fingerprint density at radius 2 is 1.72 bits per heavy atom. The van der Waals surface area contributed by atoms with Gasteiger partial charge in [-0.15, -0.1) is 11.8 Å². The summed E-state index contributed by atoms with van der Waals surface area (Å²) in [5.74, 6) is 2.40. The van der Waals surface area contributed by atoms with E-state index in [0.717, 1.165) is 22.0 Å². The summed E-state index contributed by atoms with van der Waals surface area (Å²) in [6.07, 6.45) is 6.52. The van der Waals surface area contributed by atoms with E-state index in [1.807, 2.05) is 18.2 Å². The summed E-state index contributed by atoms with van der Waals surface area (Å²) in [5.41, 5.74) is 4.47. The highest BCUT2D eigenvalue weighted by Gasteiger charge is 2.26. The molecule has 0 atom stereocenters. The summed E-state index contributed by atoms with van der Waals surface area (Å²) in [5, 5.41) is 7.75. The number of hydrogen-bond acceptors (Lipinski definition) is 7. The van der Waals surface area contributed by atoms with Crippen LogP contribution in [0.1, 0.15) is 70.4 Å². The summed E-state index contributed by atoms with van der Waals surface area (Å²) < 4.78 is 6.29. The van der Waals surface area contributed by atoms with E-state index in [0.29, 0.717) is 34.0 Å². The Kier molecular flexibility index (Phi) is 10.0. The van der Waals surface area contributed by atoms with Crippen molar-refractivity contribution >= 4 is 46.5 Å². The highest BCUT2D eigenvalue weighted by atomic mass is 35.5. The fraction of sp³-hybridized carbons (Fsp3) is 0.484. The Morgan fingerprint density at radius 1 is 1.00 bits per heavy atom. The molecule has 0 radical (unpaired) electrons. The minimum absolute atomic E-state index is 0.0453. The van der Waals surface area contributed by atoms with Crippen molar-refractivity contribution in [1.82, 2.24) is 14.9 Å². The van der Waals surface area contributed by atoms with Crippen LogP contribution in [0.3, 0.4) is 0 Å². The van der Waals surface area contributed by atoms with Crippen molar-refractivity contribution in [2.75, 3.05) is 24.7 Å². The molecule has 0 spiro atoms. The van der Waals surface area contributed by atoms with Gasteiger partial charge in [0.2, 0.25) is 5.95 Å². The van der Waals surface area contributed by atoms with Crippen molar-refractivity contribution in [3.63, 3.8) is 0 Å². The van der Waals surface area contributed by atoms with E-state index < -0.39 is 0 Å².